The Morgan fingerprint density at radius 1 is 1.17 bits per heavy atom. The van der Waals surface area contributed by atoms with Crippen molar-refractivity contribution in [3.8, 4) is 0 Å². The molecule has 1 fully saturated rings. The minimum absolute atomic E-state index is 0.268. The van der Waals surface area contributed by atoms with Gasteiger partial charge in [0.05, 0.1) is 12.5 Å². The number of benzene rings is 1. The van der Waals surface area contributed by atoms with Gasteiger partial charge >= 0.3 is 5.97 Å². The third-order valence-electron chi connectivity index (χ3n) is 5.01. The molecule has 0 saturated carbocycles. The van der Waals surface area contributed by atoms with E-state index in [9.17, 15) is 14.4 Å². The van der Waals surface area contributed by atoms with E-state index >= 15 is 0 Å². The second-order valence-electron chi connectivity index (χ2n) is 7.19. The van der Waals surface area contributed by atoms with Gasteiger partial charge in [-0.3, -0.25) is 19.0 Å². The van der Waals surface area contributed by atoms with Gasteiger partial charge in [-0.2, -0.15) is 0 Å². The number of likely N-dealkylation sites (tertiary alicyclic amines) is 1. The van der Waals surface area contributed by atoms with Gasteiger partial charge < -0.3 is 9.64 Å². The molecule has 2 heterocycles. The minimum atomic E-state index is -0.333. The molecule has 2 aromatic rings. The van der Waals surface area contributed by atoms with Crippen molar-refractivity contribution in [1.29, 1.82) is 0 Å². The van der Waals surface area contributed by atoms with Crippen LogP contribution >= 0.6 is 0 Å². The Kier molecular flexibility index (Phi) is 6.65. The lowest BCUT2D eigenvalue weighted by Crippen LogP contribution is -2.44. The van der Waals surface area contributed by atoms with Crippen LogP contribution in [-0.4, -0.2) is 41.0 Å². The van der Waals surface area contributed by atoms with Crippen LogP contribution in [0.4, 0.5) is 0 Å². The van der Waals surface area contributed by atoms with E-state index in [0.717, 1.165) is 17.5 Å². The van der Waals surface area contributed by atoms with Gasteiger partial charge in [-0.1, -0.05) is 35.9 Å². The van der Waals surface area contributed by atoms with E-state index in [4.69, 9.17) is 4.74 Å². The molecule has 1 aliphatic heterocycles. The summed E-state index contributed by atoms with van der Waals surface area (Å²) in [5, 5.41) is 0. The van der Waals surface area contributed by atoms with Crippen molar-refractivity contribution in [3.63, 3.8) is 0 Å². The van der Waals surface area contributed by atoms with E-state index in [2.05, 4.69) is 0 Å². The molecule has 1 aromatic heterocycles. The Labute approximate surface area is 170 Å². The summed E-state index contributed by atoms with van der Waals surface area (Å²) < 4.78 is 6.49. The van der Waals surface area contributed by atoms with Crippen LogP contribution in [-0.2, 0) is 14.3 Å². The van der Waals surface area contributed by atoms with Gasteiger partial charge in [0.25, 0.3) is 11.5 Å². The first-order chi connectivity index (χ1) is 14.0. The van der Waals surface area contributed by atoms with Crippen LogP contribution < -0.4 is 5.56 Å². The van der Waals surface area contributed by atoms with Crippen LogP contribution in [0.15, 0.2) is 53.5 Å². The molecule has 0 unspecified atom stereocenters. The normalized spacial score (nSPS) is 17.1. The van der Waals surface area contributed by atoms with Gasteiger partial charge in [0.1, 0.15) is 5.70 Å². The molecule has 0 bridgehead atoms. The summed E-state index contributed by atoms with van der Waals surface area (Å²) in [7, 11) is 0. The number of amides is 1. The molecule has 1 amide bonds. The van der Waals surface area contributed by atoms with Crippen LogP contribution in [0.25, 0.3) is 11.8 Å². The van der Waals surface area contributed by atoms with E-state index in [1.807, 2.05) is 31.2 Å². The molecule has 0 N–H and O–H groups in total. The first-order valence-electron chi connectivity index (χ1n) is 9.92. The van der Waals surface area contributed by atoms with Crippen molar-refractivity contribution in [2.24, 2.45) is 5.92 Å². The van der Waals surface area contributed by atoms with E-state index in [-0.39, 0.29) is 29.1 Å². The molecular weight excluding hydrogens is 368 g/mol. The van der Waals surface area contributed by atoms with Crippen LogP contribution in [0.2, 0.25) is 0 Å². The van der Waals surface area contributed by atoms with Crippen LogP contribution in [0, 0.1) is 12.8 Å². The summed E-state index contributed by atoms with van der Waals surface area (Å²) in [6.45, 7) is 4.92. The Balaban J connectivity index is 1.94. The highest BCUT2D eigenvalue weighted by molar-refractivity contribution is 6.18. The molecule has 0 radical (unpaired) electrons. The van der Waals surface area contributed by atoms with Crippen molar-refractivity contribution in [2.45, 2.75) is 26.7 Å². The van der Waals surface area contributed by atoms with Crippen LogP contribution in [0.1, 0.15) is 30.9 Å². The third kappa shape index (κ3) is 5.02. The Morgan fingerprint density at radius 2 is 1.93 bits per heavy atom. The largest absolute Gasteiger partial charge is 0.466 e. The van der Waals surface area contributed by atoms with E-state index in [0.29, 0.717) is 26.1 Å². The Bertz CT molecular complexity index is 959. The number of aromatic nitrogens is 1. The van der Waals surface area contributed by atoms with Gasteiger partial charge in [0.2, 0.25) is 0 Å². The highest BCUT2D eigenvalue weighted by atomic mass is 16.5. The van der Waals surface area contributed by atoms with Crippen molar-refractivity contribution in [2.75, 3.05) is 19.7 Å². The number of esters is 1. The lowest BCUT2D eigenvalue weighted by atomic mass is 9.97. The SMILES string of the molecule is CCOC(=O)[C@H]1CCCN(C(=O)/C(=C\c2ccc(C)cc2)n2ccccc2=O)C1. The lowest BCUT2D eigenvalue weighted by molar-refractivity contribution is -0.150. The zero-order valence-electron chi connectivity index (χ0n) is 16.8. The monoisotopic (exact) mass is 394 g/mol. The van der Waals surface area contributed by atoms with E-state index < -0.39 is 0 Å². The summed E-state index contributed by atoms with van der Waals surface area (Å²) in [6, 6.07) is 12.5. The number of carbonyl (C=O) groups excluding carboxylic acids is 2. The number of rotatable bonds is 5. The number of hydrogen-bond donors (Lipinski definition) is 0. The molecule has 1 aromatic carbocycles. The summed E-state index contributed by atoms with van der Waals surface area (Å²) >= 11 is 0. The van der Waals surface area contributed by atoms with Gasteiger partial charge in [-0.25, -0.2) is 0 Å². The molecule has 0 aliphatic carbocycles. The number of aryl methyl sites for hydroxylation is 1. The molecule has 1 atom stereocenters. The number of ether oxygens (including phenoxy) is 1. The fourth-order valence-electron chi connectivity index (χ4n) is 3.46. The van der Waals surface area contributed by atoms with Crippen molar-refractivity contribution in [3.05, 3.63) is 70.1 Å². The predicted octanol–water partition coefficient (Wildman–Crippen LogP) is 2.96. The van der Waals surface area contributed by atoms with Gasteiger partial charge in [0.15, 0.2) is 0 Å². The second kappa shape index (κ2) is 9.37. The number of carbonyl (C=O) groups is 2. The quantitative estimate of drug-likeness (QED) is 0.578. The molecule has 3 rings (SSSR count). The van der Waals surface area contributed by atoms with Crippen LogP contribution in [0.3, 0.4) is 0 Å². The highest BCUT2D eigenvalue weighted by Gasteiger charge is 2.31. The fourth-order valence-corrected chi connectivity index (χ4v) is 3.46. The molecule has 0 spiro atoms. The molecule has 6 heteroatoms. The summed E-state index contributed by atoms with van der Waals surface area (Å²) in [5.41, 5.74) is 1.93. The summed E-state index contributed by atoms with van der Waals surface area (Å²) in [6.07, 6.45) is 4.73. The predicted molar refractivity (Wildman–Crippen MR) is 112 cm³/mol. The molecular formula is C23H26N2O4. The van der Waals surface area contributed by atoms with Gasteiger partial charge in [0, 0.05) is 25.4 Å². The van der Waals surface area contributed by atoms with Gasteiger partial charge in [-0.05, 0) is 44.4 Å². The maximum atomic E-state index is 13.4. The lowest BCUT2D eigenvalue weighted by Gasteiger charge is -2.32. The Hall–Kier alpha value is -3.15. The maximum absolute atomic E-state index is 13.4. The second-order valence-corrected chi connectivity index (χ2v) is 7.19. The molecule has 6 nitrogen and oxygen atoms in total. The maximum Gasteiger partial charge on any atom is 0.310 e. The first-order valence-corrected chi connectivity index (χ1v) is 9.92. The first kappa shape index (κ1) is 20.6. The zero-order chi connectivity index (χ0) is 20.8. The van der Waals surface area contributed by atoms with Gasteiger partial charge in [-0.15, -0.1) is 0 Å². The van der Waals surface area contributed by atoms with Crippen molar-refractivity contribution in [1.82, 2.24) is 9.47 Å². The molecule has 29 heavy (non-hydrogen) atoms. The zero-order valence-corrected chi connectivity index (χ0v) is 16.8. The summed E-state index contributed by atoms with van der Waals surface area (Å²) in [5.74, 6) is -0.875. The minimum Gasteiger partial charge on any atom is -0.466 e. The van der Waals surface area contributed by atoms with Crippen molar-refractivity contribution >= 4 is 23.6 Å². The molecule has 1 saturated heterocycles. The van der Waals surface area contributed by atoms with Crippen LogP contribution in [0.5, 0.6) is 0 Å². The summed E-state index contributed by atoms with van der Waals surface area (Å²) in [4.78, 5) is 39.6. The Morgan fingerprint density at radius 3 is 2.62 bits per heavy atom. The van der Waals surface area contributed by atoms with E-state index in [1.165, 1.54) is 10.6 Å². The molecule has 1 aliphatic rings. The molecule has 152 valence electrons. The van der Waals surface area contributed by atoms with E-state index in [1.54, 1.807) is 36.2 Å². The number of pyridine rings is 1. The average Bonchev–Trinajstić information content (AvgIpc) is 2.74. The fraction of sp³-hybridized carbons (Fsp3) is 0.348. The number of nitrogens with zero attached hydrogens (tertiary/aromatic N) is 2. The highest BCUT2D eigenvalue weighted by Crippen LogP contribution is 2.22. The standard InChI is InChI=1S/C23H26N2O4/c1-3-29-23(28)19-7-6-13-24(16-19)22(27)20(25-14-5-4-8-21(25)26)15-18-11-9-17(2)10-12-18/h4-5,8-12,14-15,19H,3,6-7,13,16H2,1-2H3/b20-15+/t19-/m0/s1. The number of piperidine rings is 1. The van der Waals surface area contributed by atoms with Crippen molar-refractivity contribution < 1.29 is 14.3 Å². The topological polar surface area (TPSA) is 68.6 Å². The average molecular weight is 394 g/mol. The third-order valence-corrected chi connectivity index (χ3v) is 5.01. The smallest absolute Gasteiger partial charge is 0.310 e. The number of hydrogen-bond acceptors (Lipinski definition) is 4.